The van der Waals surface area contributed by atoms with Crippen LogP contribution in [0.25, 0.3) is 11.0 Å². The Balaban J connectivity index is 1.80. The summed E-state index contributed by atoms with van der Waals surface area (Å²) < 4.78 is 0. The number of aromatic nitrogens is 2. The van der Waals surface area contributed by atoms with Crippen molar-refractivity contribution < 1.29 is 0 Å². The van der Waals surface area contributed by atoms with Crippen LogP contribution in [0.4, 0.5) is 5.82 Å². The molecule has 2 fully saturated rings. The predicted octanol–water partition coefficient (Wildman–Crippen LogP) is 3.33. The van der Waals surface area contributed by atoms with E-state index in [4.69, 9.17) is 0 Å². The van der Waals surface area contributed by atoms with E-state index in [0.717, 1.165) is 24.0 Å². The monoisotopic (exact) mass is 297 g/mol. The normalized spacial score (nSPS) is 30.0. The van der Waals surface area contributed by atoms with Gasteiger partial charge in [0.15, 0.2) is 5.82 Å². The van der Waals surface area contributed by atoms with Crippen LogP contribution in [0.1, 0.15) is 40.0 Å². The Kier molecular flexibility index (Phi) is 2.72. The van der Waals surface area contributed by atoms with Crippen LogP contribution in [0.15, 0.2) is 29.1 Å². The van der Waals surface area contributed by atoms with Gasteiger partial charge in [0.2, 0.25) is 0 Å². The molecule has 1 N–H and O–H groups in total. The maximum atomic E-state index is 12.5. The molecule has 116 valence electrons. The first-order chi connectivity index (χ1) is 10.4. The Morgan fingerprint density at radius 1 is 1.23 bits per heavy atom. The SMILES string of the molecule is CC1(C)C[C@H]2C[C@](C)(CN2c2nc3ccccc3[nH]c2=O)C1. The van der Waals surface area contributed by atoms with Crippen molar-refractivity contribution in [1.82, 2.24) is 9.97 Å². The molecule has 2 aliphatic rings. The van der Waals surface area contributed by atoms with Gasteiger partial charge in [0.1, 0.15) is 0 Å². The minimum atomic E-state index is -0.0624. The topological polar surface area (TPSA) is 49.0 Å². The number of nitrogens with zero attached hydrogens (tertiary/aromatic N) is 2. The van der Waals surface area contributed by atoms with E-state index in [9.17, 15) is 4.79 Å². The number of fused-ring (bicyclic) bond motifs is 3. The van der Waals surface area contributed by atoms with E-state index in [-0.39, 0.29) is 5.56 Å². The Bertz CT molecular complexity index is 794. The molecule has 0 radical (unpaired) electrons. The van der Waals surface area contributed by atoms with Crippen LogP contribution in [-0.2, 0) is 0 Å². The number of aromatic amines is 1. The van der Waals surface area contributed by atoms with Crippen LogP contribution in [0.3, 0.4) is 0 Å². The van der Waals surface area contributed by atoms with E-state index in [1.807, 2.05) is 24.3 Å². The van der Waals surface area contributed by atoms with Crippen LogP contribution in [0, 0.1) is 10.8 Å². The minimum absolute atomic E-state index is 0.0624. The molecule has 0 amide bonds. The number of hydrogen-bond acceptors (Lipinski definition) is 3. The summed E-state index contributed by atoms with van der Waals surface area (Å²) in [5.74, 6) is 0.602. The zero-order valence-electron chi connectivity index (χ0n) is 13.5. The Labute approximate surface area is 130 Å². The van der Waals surface area contributed by atoms with E-state index < -0.39 is 0 Å². The van der Waals surface area contributed by atoms with E-state index in [0.29, 0.717) is 22.7 Å². The quantitative estimate of drug-likeness (QED) is 0.878. The summed E-state index contributed by atoms with van der Waals surface area (Å²) in [6.45, 7) is 7.99. The van der Waals surface area contributed by atoms with Crippen molar-refractivity contribution in [2.75, 3.05) is 11.4 Å². The third-order valence-electron chi connectivity index (χ3n) is 5.27. The molecule has 2 aromatic rings. The number of anilines is 1. The van der Waals surface area contributed by atoms with Crippen molar-refractivity contribution >= 4 is 16.9 Å². The Morgan fingerprint density at radius 2 is 2.00 bits per heavy atom. The van der Waals surface area contributed by atoms with Gasteiger partial charge in [0.05, 0.1) is 11.0 Å². The molecule has 1 aliphatic heterocycles. The number of para-hydroxylation sites is 2. The average molecular weight is 297 g/mol. The highest BCUT2D eigenvalue weighted by molar-refractivity contribution is 5.75. The van der Waals surface area contributed by atoms with Crippen molar-refractivity contribution in [2.24, 2.45) is 10.8 Å². The molecule has 4 heteroatoms. The first-order valence-electron chi connectivity index (χ1n) is 8.11. The minimum Gasteiger partial charge on any atom is -0.348 e. The Hall–Kier alpha value is -1.84. The van der Waals surface area contributed by atoms with Gasteiger partial charge < -0.3 is 9.88 Å². The first-order valence-corrected chi connectivity index (χ1v) is 8.11. The molecule has 2 atom stereocenters. The third-order valence-corrected chi connectivity index (χ3v) is 5.27. The third kappa shape index (κ3) is 2.13. The summed E-state index contributed by atoms with van der Waals surface area (Å²) in [6.07, 6.45) is 3.53. The second-order valence-corrected chi connectivity index (χ2v) is 8.25. The lowest BCUT2D eigenvalue weighted by atomic mass is 9.65. The number of hydrogen-bond donors (Lipinski definition) is 1. The van der Waals surface area contributed by atoms with Crippen LogP contribution in [0.2, 0.25) is 0 Å². The fourth-order valence-corrected chi connectivity index (χ4v) is 4.92. The standard InChI is InChI=1S/C18H23N3O/c1-17(2)8-12-9-18(3,10-17)11-21(12)15-16(22)20-14-7-5-4-6-13(14)19-15/h4-7,12H,8-11H2,1-3H3,(H,20,22)/t12-,18-/m0/s1. The van der Waals surface area contributed by atoms with Crippen molar-refractivity contribution in [3.8, 4) is 0 Å². The first kappa shape index (κ1) is 13.8. The molecule has 1 saturated heterocycles. The van der Waals surface area contributed by atoms with Gasteiger partial charge in [0, 0.05) is 12.6 Å². The van der Waals surface area contributed by atoms with E-state index in [2.05, 4.69) is 35.6 Å². The van der Waals surface area contributed by atoms with Crippen LogP contribution in [-0.4, -0.2) is 22.6 Å². The largest absolute Gasteiger partial charge is 0.348 e. The summed E-state index contributed by atoms with van der Waals surface area (Å²) in [5, 5.41) is 0. The molecule has 4 rings (SSSR count). The molecule has 1 saturated carbocycles. The molecule has 2 heterocycles. The second kappa shape index (κ2) is 4.34. The van der Waals surface area contributed by atoms with Gasteiger partial charge in [-0.2, -0.15) is 0 Å². The van der Waals surface area contributed by atoms with Gasteiger partial charge in [-0.1, -0.05) is 32.9 Å². The maximum Gasteiger partial charge on any atom is 0.291 e. The van der Waals surface area contributed by atoms with Gasteiger partial charge in [-0.3, -0.25) is 4.79 Å². The van der Waals surface area contributed by atoms with Gasteiger partial charge >= 0.3 is 0 Å². The number of H-pyrrole nitrogens is 1. The molecule has 1 aromatic carbocycles. The fraction of sp³-hybridized carbons (Fsp3) is 0.556. The second-order valence-electron chi connectivity index (χ2n) is 8.25. The lowest BCUT2D eigenvalue weighted by Gasteiger charge is -2.39. The van der Waals surface area contributed by atoms with Crippen molar-refractivity contribution in [2.45, 2.75) is 46.1 Å². The molecule has 22 heavy (non-hydrogen) atoms. The number of rotatable bonds is 1. The lowest BCUT2D eigenvalue weighted by Crippen LogP contribution is -2.37. The molecule has 0 spiro atoms. The van der Waals surface area contributed by atoms with Crippen molar-refractivity contribution in [3.05, 3.63) is 34.6 Å². The molecular formula is C18H23N3O. The zero-order valence-corrected chi connectivity index (χ0v) is 13.5. The van der Waals surface area contributed by atoms with Crippen molar-refractivity contribution in [3.63, 3.8) is 0 Å². The maximum absolute atomic E-state index is 12.5. The van der Waals surface area contributed by atoms with Gasteiger partial charge in [0.25, 0.3) is 5.56 Å². The zero-order chi connectivity index (χ0) is 15.5. The highest BCUT2D eigenvalue weighted by Crippen LogP contribution is 2.52. The summed E-state index contributed by atoms with van der Waals surface area (Å²) in [6, 6.07) is 8.18. The summed E-state index contributed by atoms with van der Waals surface area (Å²) >= 11 is 0. The molecule has 2 bridgehead atoms. The molecule has 1 aromatic heterocycles. The van der Waals surface area contributed by atoms with E-state index in [1.54, 1.807) is 0 Å². The molecule has 4 nitrogen and oxygen atoms in total. The van der Waals surface area contributed by atoms with Crippen LogP contribution in [0.5, 0.6) is 0 Å². The summed E-state index contributed by atoms with van der Waals surface area (Å²) in [5.41, 5.74) is 2.25. The number of benzene rings is 1. The highest BCUT2D eigenvalue weighted by atomic mass is 16.1. The average Bonchev–Trinajstić information content (AvgIpc) is 2.67. The van der Waals surface area contributed by atoms with Crippen LogP contribution >= 0.6 is 0 Å². The fourth-order valence-electron chi connectivity index (χ4n) is 4.92. The smallest absolute Gasteiger partial charge is 0.291 e. The van der Waals surface area contributed by atoms with Gasteiger partial charge in [-0.05, 0) is 42.2 Å². The number of nitrogens with one attached hydrogen (secondary N) is 1. The molecule has 0 unspecified atom stereocenters. The molecule has 1 aliphatic carbocycles. The highest BCUT2D eigenvalue weighted by Gasteiger charge is 2.50. The van der Waals surface area contributed by atoms with Gasteiger partial charge in [-0.15, -0.1) is 0 Å². The Morgan fingerprint density at radius 3 is 2.82 bits per heavy atom. The van der Waals surface area contributed by atoms with E-state index >= 15 is 0 Å². The molecular weight excluding hydrogens is 274 g/mol. The predicted molar refractivity (Wildman–Crippen MR) is 89.2 cm³/mol. The van der Waals surface area contributed by atoms with Crippen molar-refractivity contribution in [1.29, 1.82) is 0 Å². The summed E-state index contributed by atoms with van der Waals surface area (Å²) in [7, 11) is 0. The van der Waals surface area contributed by atoms with E-state index in [1.165, 1.54) is 12.8 Å². The summed E-state index contributed by atoms with van der Waals surface area (Å²) in [4.78, 5) is 22.4. The lowest BCUT2D eigenvalue weighted by molar-refractivity contribution is 0.136. The van der Waals surface area contributed by atoms with Gasteiger partial charge in [-0.25, -0.2) is 4.98 Å². The van der Waals surface area contributed by atoms with Crippen LogP contribution < -0.4 is 10.5 Å².